The van der Waals surface area contributed by atoms with Gasteiger partial charge in [0.25, 0.3) is 0 Å². The van der Waals surface area contributed by atoms with Gasteiger partial charge in [-0.1, -0.05) is 59.9 Å². The van der Waals surface area contributed by atoms with Gasteiger partial charge in [-0.15, -0.1) is 0 Å². The highest BCUT2D eigenvalue weighted by Gasteiger charge is 2.22. The molecule has 3 aromatic carbocycles. The lowest BCUT2D eigenvalue weighted by molar-refractivity contribution is -0.118. The summed E-state index contributed by atoms with van der Waals surface area (Å²) in [4.78, 5) is 24.5. The molecule has 2 aromatic heterocycles. The minimum absolute atomic E-state index is 0.0157. The van der Waals surface area contributed by atoms with Gasteiger partial charge in [0.15, 0.2) is 5.13 Å². The van der Waals surface area contributed by atoms with Crippen molar-refractivity contribution in [3.8, 4) is 5.75 Å². The number of benzene rings is 3. The van der Waals surface area contributed by atoms with Crippen molar-refractivity contribution >= 4 is 43.4 Å². The first kappa shape index (κ1) is 20.2. The van der Waals surface area contributed by atoms with Crippen LogP contribution in [0.4, 0.5) is 5.13 Å². The molecule has 0 unspecified atom stereocenters. The maximum Gasteiger partial charge on any atom is 0.233 e. The number of ether oxygens (including phenoxy) is 1. The second kappa shape index (κ2) is 8.77. The number of methoxy groups -OCH3 is 1. The molecule has 0 N–H and O–H groups in total. The van der Waals surface area contributed by atoms with Gasteiger partial charge in [0.2, 0.25) is 5.91 Å². The quantitative estimate of drug-likeness (QED) is 0.344. The summed E-state index contributed by atoms with van der Waals surface area (Å²) in [5.74, 6) is 0.728. The SMILES string of the molecule is COc1ccc2sc(N(Cc3ccccn3)C(=O)Cc3cccc4ccccc34)nc2c1. The van der Waals surface area contributed by atoms with Gasteiger partial charge in [-0.05, 0) is 40.6 Å². The Morgan fingerprint density at radius 3 is 2.69 bits per heavy atom. The Kier molecular flexibility index (Phi) is 5.52. The van der Waals surface area contributed by atoms with Crippen LogP contribution < -0.4 is 9.64 Å². The molecule has 5 rings (SSSR count). The van der Waals surface area contributed by atoms with Crippen molar-refractivity contribution in [3.63, 3.8) is 0 Å². The molecule has 2 heterocycles. The van der Waals surface area contributed by atoms with E-state index in [2.05, 4.69) is 23.2 Å². The van der Waals surface area contributed by atoms with Crippen molar-refractivity contribution in [2.24, 2.45) is 0 Å². The molecule has 32 heavy (non-hydrogen) atoms. The van der Waals surface area contributed by atoms with E-state index in [9.17, 15) is 4.79 Å². The van der Waals surface area contributed by atoms with Gasteiger partial charge in [0.05, 0.1) is 36.0 Å². The standard InChI is InChI=1S/C26H21N3O2S/c1-31-21-12-13-24-23(16-21)28-26(32-24)29(17-20-10-4-5-14-27-20)25(30)15-19-9-6-8-18-7-2-3-11-22(18)19/h2-14,16H,15,17H2,1H3. The highest BCUT2D eigenvalue weighted by molar-refractivity contribution is 7.22. The first-order chi connectivity index (χ1) is 15.7. The average Bonchev–Trinajstić information content (AvgIpc) is 3.26. The first-order valence-electron chi connectivity index (χ1n) is 10.3. The summed E-state index contributed by atoms with van der Waals surface area (Å²) in [5, 5.41) is 2.88. The van der Waals surface area contributed by atoms with Crippen LogP contribution in [0.2, 0.25) is 0 Å². The minimum atomic E-state index is -0.0157. The van der Waals surface area contributed by atoms with E-state index in [0.29, 0.717) is 11.7 Å². The van der Waals surface area contributed by atoms with Gasteiger partial charge >= 0.3 is 0 Å². The van der Waals surface area contributed by atoms with Crippen LogP contribution in [0.25, 0.3) is 21.0 Å². The predicted molar refractivity (Wildman–Crippen MR) is 129 cm³/mol. The number of amides is 1. The van der Waals surface area contributed by atoms with Crippen molar-refractivity contribution in [1.29, 1.82) is 0 Å². The Bertz CT molecular complexity index is 1390. The molecule has 158 valence electrons. The number of thiazole rings is 1. The molecular weight excluding hydrogens is 418 g/mol. The van der Waals surface area contributed by atoms with Crippen LogP contribution in [0.3, 0.4) is 0 Å². The Morgan fingerprint density at radius 2 is 1.84 bits per heavy atom. The molecule has 0 radical (unpaired) electrons. The van der Waals surface area contributed by atoms with Gasteiger partial charge < -0.3 is 4.74 Å². The van der Waals surface area contributed by atoms with E-state index in [1.807, 2.05) is 60.7 Å². The smallest absolute Gasteiger partial charge is 0.233 e. The van der Waals surface area contributed by atoms with Gasteiger partial charge in [0, 0.05) is 12.3 Å². The lowest BCUT2D eigenvalue weighted by atomic mass is 10.0. The molecule has 0 spiro atoms. The molecule has 0 aliphatic carbocycles. The van der Waals surface area contributed by atoms with Gasteiger partial charge in [-0.2, -0.15) is 0 Å². The molecule has 0 saturated heterocycles. The van der Waals surface area contributed by atoms with Crippen LogP contribution in [0, 0.1) is 0 Å². The second-order valence-corrected chi connectivity index (χ2v) is 8.46. The fraction of sp³-hybridized carbons (Fsp3) is 0.115. The number of pyridine rings is 1. The Labute approximate surface area is 189 Å². The molecular formula is C26H21N3O2S. The number of hydrogen-bond acceptors (Lipinski definition) is 5. The minimum Gasteiger partial charge on any atom is -0.497 e. The van der Waals surface area contributed by atoms with Gasteiger partial charge in [-0.3, -0.25) is 14.7 Å². The maximum atomic E-state index is 13.6. The number of carbonyl (C=O) groups excluding carboxylic acids is 1. The molecule has 6 heteroatoms. The zero-order chi connectivity index (χ0) is 21.9. The Morgan fingerprint density at radius 1 is 1.00 bits per heavy atom. The number of nitrogens with zero attached hydrogens (tertiary/aromatic N) is 3. The van der Waals surface area contributed by atoms with Crippen molar-refractivity contribution in [3.05, 3.63) is 96.3 Å². The topological polar surface area (TPSA) is 55.3 Å². The maximum absolute atomic E-state index is 13.6. The summed E-state index contributed by atoms with van der Waals surface area (Å²) in [6, 6.07) is 25.7. The molecule has 1 amide bonds. The third-order valence-corrected chi connectivity index (χ3v) is 6.44. The predicted octanol–water partition coefficient (Wildman–Crippen LogP) is 5.63. The van der Waals surface area contributed by atoms with Gasteiger partial charge in [0.1, 0.15) is 5.75 Å². The average molecular weight is 440 g/mol. The molecule has 0 bridgehead atoms. The number of hydrogen-bond donors (Lipinski definition) is 0. The van der Waals surface area contributed by atoms with Crippen molar-refractivity contribution in [2.75, 3.05) is 12.0 Å². The van der Waals surface area contributed by atoms with Crippen LogP contribution >= 0.6 is 11.3 Å². The zero-order valence-corrected chi connectivity index (χ0v) is 18.4. The van der Waals surface area contributed by atoms with Crippen LogP contribution in [0.1, 0.15) is 11.3 Å². The summed E-state index contributed by atoms with van der Waals surface area (Å²) >= 11 is 1.50. The van der Waals surface area contributed by atoms with Crippen molar-refractivity contribution < 1.29 is 9.53 Å². The summed E-state index contributed by atoms with van der Waals surface area (Å²) in [6.45, 7) is 0.362. The first-order valence-corrected chi connectivity index (χ1v) is 11.1. The number of anilines is 1. The number of aromatic nitrogens is 2. The lowest BCUT2D eigenvalue weighted by Crippen LogP contribution is -2.32. The van der Waals surface area contributed by atoms with Crippen LogP contribution in [-0.4, -0.2) is 23.0 Å². The largest absolute Gasteiger partial charge is 0.497 e. The number of rotatable bonds is 6. The fourth-order valence-corrected chi connectivity index (χ4v) is 4.72. The molecule has 5 aromatic rings. The lowest BCUT2D eigenvalue weighted by Gasteiger charge is -2.20. The van der Waals surface area contributed by atoms with E-state index >= 15 is 0 Å². The molecule has 0 aliphatic heterocycles. The van der Waals surface area contributed by atoms with E-state index < -0.39 is 0 Å². The van der Waals surface area contributed by atoms with Crippen molar-refractivity contribution in [1.82, 2.24) is 9.97 Å². The molecule has 0 aliphatic rings. The molecule has 0 fully saturated rings. The number of fused-ring (bicyclic) bond motifs is 2. The van der Waals surface area contributed by atoms with Crippen LogP contribution in [0.5, 0.6) is 5.75 Å². The monoisotopic (exact) mass is 439 g/mol. The zero-order valence-electron chi connectivity index (χ0n) is 17.6. The fourth-order valence-electron chi connectivity index (χ4n) is 3.76. The van der Waals surface area contributed by atoms with Crippen LogP contribution in [-0.2, 0) is 17.8 Å². The van der Waals surface area contributed by atoms with E-state index in [-0.39, 0.29) is 12.3 Å². The highest BCUT2D eigenvalue weighted by atomic mass is 32.1. The third kappa shape index (κ3) is 4.05. The molecule has 0 saturated carbocycles. The third-order valence-electron chi connectivity index (χ3n) is 5.38. The second-order valence-electron chi connectivity index (χ2n) is 7.45. The Balaban J connectivity index is 1.52. The summed E-state index contributed by atoms with van der Waals surface area (Å²) in [5.41, 5.74) is 2.63. The summed E-state index contributed by atoms with van der Waals surface area (Å²) < 4.78 is 6.33. The van der Waals surface area contributed by atoms with E-state index in [1.165, 1.54) is 11.3 Å². The normalized spacial score (nSPS) is 11.0. The highest BCUT2D eigenvalue weighted by Crippen LogP contribution is 2.32. The molecule has 5 nitrogen and oxygen atoms in total. The van der Waals surface area contributed by atoms with E-state index in [4.69, 9.17) is 9.72 Å². The summed E-state index contributed by atoms with van der Waals surface area (Å²) in [7, 11) is 1.63. The van der Waals surface area contributed by atoms with E-state index in [0.717, 1.165) is 38.0 Å². The van der Waals surface area contributed by atoms with Crippen molar-refractivity contribution in [2.45, 2.75) is 13.0 Å². The summed E-state index contributed by atoms with van der Waals surface area (Å²) in [6.07, 6.45) is 2.03. The Hall–Kier alpha value is -3.77. The van der Waals surface area contributed by atoms with Crippen LogP contribution in [0.15, 0.2) is 85.1 Å². The molecule has 0 atom stereocenters. The number of carbonyl (C=O) groups is 1. The van der Waals surface area contributed by atoms with E-state index in [1.54, 1.807) is 18.2 Å². The van der Waals surface area contributed by atoms with Gasteiger partial charge in [-0.25, -0.2) is 4.98 Å².